The molecule has 3 aromatic rings. The maximum Gasteiger partial charge on any atom is 0.246 e. The van der Waals surface area contributed by atoms with E-state index in [9.17, 15) is 4.79 Å². The number of para-hydroxylation sites is 1. The second-order valence-electron chi connectivity index (χ2n) is 6.56. The number of hydrogen-bond donors (Lipinski definition) is 0. The largest absolute Gasteiger partial charge is 0.280 e. The van der Waals surface area contributed by atoms with Crippen LogP contribution in [0.4, 0.5) is 5.69 Å². The summed E-state index contributed by atoms with van der Waals surface area (Å²) in [4.78, 5) is 15.6. The molecule has 0 saturated heterocycles. The van der Waals surface area contributed by atoms with Crippen molar-refractivity contribution in [3.8, 4) is 0 Å². The van der Waals surface area contributed by atoms with Gasteiger partial charge in [-0.05, 0) is 35.8 Å². The van der Waals surface area contributed by atoms with Crippen LogP contribution in [0.25, 0.3) is 5.70 Å². The summed E-state index contributed by atoms with van der Waals surface area (Å²) in [6, 6.07) is 30.1. The number of amides is 1. The van der Waals surface area contributed by atoms with E-state index >= 15 is 0 Å². The average Bonchev–Trinajstić information content (AvgIpc) is 3.03. The van der Waals surface area contributed by atoms with Crippen LogP contribution in [-0.2, 0) is 10.2 Å². The molecule has 128 valence electrons. The Morgan fingerprint density at radius 2 is 1.31 bits per heavy atom. The quantitative estimate of drug-likeness (QED) is 0.621. The van der Waals surface area contributed by atoms with E-state index in [1.807, 2.05) is 71.6 Å². The summed E-state index contributed by atoms with van der Waals surface area (Å²) in [6.07, 6.45) is 2.86. The van der Waals surface area contributed by atoms with Crippen molar-refractivity contribution in [3.05, 3.63) is 108 Å². The number of carbonyl (C=O) groups excluding carboxylic acids is 1. The number of hydrogen-bond acceptors (Lipinski definition) is 1. The van der Waals surface area contributed by atoms with Gasteiger partial charge < -0.3 is 0 Å². The fourth-order valence-electron chi connectivity index (χ4n) is 3.72. The van der Waals surface area contributed by atoms with Gasteiger partial charge in [0.1, 0.15) is 0 Å². The lowest BCUT2D eigenvalue weighted by atomic mass is 9.78. The van der Waals surface area contributed by atoms with Crippen LogP contribution in [0.1, 0.15) is 24.5 Å². The highest BCUT2D eigenvalue weighted by atomic mass is 16.2. The Hall–Kier alpha value is -3.13. The van der Waals surface area contributed by atoms with Crippen LogP contribution < -0.4 is 4.90 Å². The maximum atomic E-state index is 13.7. The lowest BCUT2D eigenvalue weighted by Crippen LogP contribution is -2.38. The molecule has 0 aliphatic carbocycles. The van der Waals surface area contributed by atoms with Crippen LogP contribution in [0, 0.1) is 0 Å². The van der Waals surface area contributed by atoms with Gasteiger partial charge in [0.05, 0.1) is 11.1 Å². The van der Waals surface area contributed by atoms with Crippen LogP contribution in [0.2, 0.25) is 0 Å². The first-order valence-electron chi connectivity index (χ1n) is 9.00. The highest BCUT2D eigenvalue weighted by Gasteiger charge is 2.47. The van der Waals surface area contributed by atoms with Crippen molar-refractivity contribution in [2.45, 2.75) is 18.8 Å². The van der Waals surface area contributed by atoms with Crippen molar-refractivity contribution in [2.24, 2.45) is 0 Å². The second-order valence-corrected chi connectivity index (χ2v) is 6.56. The third kappa shape index (κ3) is 2.55. The molecule has 2 nitrogen and oxygen atoms in total. The number of benzene rings is 3. The van der Waals surface area contributed by atoms with E-state index < -0.39 is 5.41 Å². The molecule has 0 radical (unpaired) electrons. The molecular weight excluding hydrogens is 318 g/mol. The Kier molecular flexibility index (Phi) is 4.18. The van der Waals surface area contributed by atoms with Crippen LogP contribution in [0.5, 0.6) is 0 Å². The number of rotatable bonds is 4. The first-order valence-corrected chi connectivity index (χ1v) is 9.00. The lowest BCUT2D eigenvalue weighted by Gasteiger charge is -2.28. The number of nitrogens with zero attached hydrogens (tertiary/aromatic N) is 1. The zero-order valence-corrected chi connectivity index (χ0v) is 14.8. The first-order chi connectivity index (χ1) is 12.8. The van der Waals surface area contributed by atoms with E-state index in [1.165, 1.54) is 0 Å². The van der Waals surface area contributed by atoms with Crippen molar-refractivity contribution in [1.82, 2.24) is 0 Å². The van der Waals surface area contributed by atoms with Gasteiger partial charge in [0, 0.05) is 5.69 Å². The van der Waals surface area contributed by atoms with Crippen LogP contribution >= 0.6 is 0 Å². The zero-order valence-electron chi connectivity index (χ0n) is 14.8. The normalized spacial score (nSPS) is 19.5. The third-order valence-corrected chi connectivity index (χ3v) is 5.14. The summed E-state index contributed by atoms with van der Waals surface area (Å²) >= 11 is 0. The zero-order chi connectivity index (χ0) is 18.0. The molecule has 4 rings (SSSR count). The van der Waals surface area contributed by atoms with E-state index in [2.05, 4.69) is 37.3 Å². The molecule has 1 amide bonds. The van der Waals surface area contributed by atoms with E-state index in [4.69, 9.17) is 0 Å². The number of carbonyl (C=O) groups is 1. The second kappa shape index (κ2) is 6.64. The Labute approximate surface area is 154 Å². The summed E-state index contributed by atoms with van der Waals surface area (Å²) in [5.74, 6) is 0.108. The minimum absolute atomic E-state index is 0.108. The first kappa shape index (κ1) is 16.3. The standard InChI is InChI=1S/C24H21NO/c1-2-24(20-14-8-4-9-15-20)18-22(19-12-6-3-7-13-19)25(23(24)26)21-16-10-5-11-17-21/h3-18H,2H2,1H3/t24-/m1/s1. The number of anilines is 1. The molecule has 0 bridgehead atoms. The smallest absolute Gasteiger partial charge is 0.246 e. The van der Waals surface area contributed by atoms with Gasteiger partial charge in [-0.15, -0.1) is 0 Å². The molecule has 0 N–H and O–H groups in total. The van der Waals surface area contributed by atoms with E-state index in [0.717, 1.165) is 28.9 Å². The molecule has 1 aliphatic heterocycles. The molecule has 0 fully saturated rings. The molecule has 1 atom stereocenters. The van der Waals surface area contributed by atoms with Gasteiger partial charge in [-0.3, -0.25) is 9.69 Å². The highest BCUT2D eigenvalue weighted by molar-refractivity contribution is 6.17. The molecule has 3 aromatic carbocycles. The Morgan fingerprint density at radius 1 is 0.769 bits per heavy atom. The van der Waals surface area contributed by atoms with Gasteiger partial charge in [0.25, 0.3) is 0 Å². The molecule has 0 aromatic heterocycles. The predicted octanol–water partition coefficient (Wildman–Crippen LogP) is 5.42. The van der Waals surface area contributed by atoms with Crippen molar-refractivity contribution in [1.29, 1.82) is 0 Å². The van der Waals surface area contributed by atoms with Gasteiger partial charge in [-0.25, -0.2) is 0 Å². The van der Waals surface area contributed by atoms with Crippen molar-refractivity contribution in [2.75, 3.05) is 4.90 Å². The fourth-order valence-corrected chi connectivity index (χ4v) is 3.72. The highest BCUT2D eigenvalue weighted by Crippen LogP contribution is 2.44. The monoisotopic (exact) mass is 339 g/mol. The van der Waals surface area contributed by atoms with Gasteiger partial charge in [0.15, 0.2) is 0 Å². The van der Waals surface area contributed by atoms with Crippen LogP contribution in [0.15, 0.2) is 97.1 Å². The molecule has 1 aliphatic rings. The minimum Gasteiger partial charge on any atom is -0.280 e. The van der Waals surface area contributed by atoms with Crippen molar-refractivity contribution >= 4 is 17.3 Å². The maximum absolute atomic E-state index is 13.7. The van der Waals surface area contributed by atoms with Crippen LogP contribution in [-0.4, -0.2) is 5.91 Å². The molecular formula is C24H21NO. The van der Waals surface area contributed by atoms with E-state index in [0.29, 0.717) is 0 Å². The topological polar surface area (TPSA) is 20.3 Å². The SMILES string of the molecule is CC[C@]1(c2ccccc2)C=C(c2ccccc2)N(c2ccccc2)C1=O. The molecule has 1 heterocycles. The molecule has 0 unspecified atom stereocenters. The lowest BCUT2D eigenvalue weighted by molar-refractivity contribution is -0.121. The summed E-state index contributed by atoms with van der Waals surface area (Å²) < 4.78 is 0. The van der Waals surface area contributed by atoms with Crippen molar-refractivity contribution in [3.63, 3.8) is 0 Å². The molecule has 0 saturated carbocycles. The fraction of sp³-hybridized carbons (Fsp3) is 0.125. The van der Waals surface area contributed by atoms with Gasteiger partial charge in [0.2, 0.25) is 5.91 Å². The van der Waals surface area contributed by atoms with Crippen molar-refractivity contribution < 1.29 is 4.79 Å². The third-order valence-electron chi connectivity index (χ3n) is 5.14. The summed E-state index contributed by atoms with van der Waals surface area (Å²) in [7, 11) is 0. The Bertz CT molecular complexity index is 932. The molecule has 0 spiro atoms. The van der Waals surface area contributed by atoms with Gasteiger partial charge in [-0.2, -0.15) is 0 Å². The van der Waals surface area contributed by atoms with E-state index in [1.54, 1.807) is 0 Å². The van der Waals surface area contributed by atoms with E-state index in [-0.39, 0.29) is 5.91 Å². The Morgan fingerprint density at radius 3 is 1.88 bits per heavy atom. The van der Waals surface area contributed by atoms with Gasteiger partial charge in [-0.1, -0.05) is 85.8 Å². The summed E-state index contributed by atoms with van der Waals surface area (Å²) in [5, 5.41) is 0. The van der Waals surface area contributed by atoms with Crippen LogP contribution in [0.3, 0.4) is 0 Å². The van der Waals surface area contributed by atoms with Gasteiger partial charge >= 0.3 is 0 Å². The minimum atomic E-state index is -0.637. The average molecular weight is 339 g/mol. The molecule has 26 heavy (non-hydrogen) atoms. The summed E-state index contributed by atoms with van der Waals surface area (Å²) in [5.41, 5.74) is 3.31. The Balaban J connectivity index is 1.93. The predicted molar refractivity (Wildman–Crippen MR) is 107 cm³/mol. The summed E-state index contributed by atoms with van der Waals surface area (Å²) in [6.45, 7) is 2.08. The molecule has 2 heteroatoms.